The number of amides is 1. The van der Waals surface area contributed by atoms with Crippen LogP contribution >= 0.6 is 11.8 Å². The van der Waals surface area contributed by atoms with Crippen molar-refractivity contribution in [3.63, 3.8) is 0 Å². The maximum absolute atomic E-state index is 12.5. The van der Waals surface area contributed by atoms with Gasteiger partial charge in [-0.05, 0) is 24.6 Å². The average Bonchev–Trinajstić information content (AvgIpc) is 2.55. The third kappa shape index (κ3) is 5.67. The van der Waals surface area contributed by atoms with Crippen LogP contribution in [0.3, 0.4) is 0 Å². The molecule has 1 aromatic carbocycles. The highest BCUT2D eigenvalue weighted by Crippen LogP contribution is 2.26. The van der Waals surface area contributed by atoms with E-state index in [4.69, 9.17) is 0 Å². The van der Waals surface area contributed by atoms with E-state index in [9.17, 15) is 22.8 Å². The Morgan fingerprint density at radius 2 is 1.84 bits per heavy atom. The molecule has 25 heavy (non-hydrogen) atoms. The van der Waals surface area contributed by atoms with Crippen molar-refractivity contribution < 1.29 is 18.0 Å². The van der Waals surface area contributed by atoms with Gasteiger partial charge < -0.3 is 10.3 Å². The first-order chi connectivity index (χ1) is 11.8. The smallest absolute Gasteiger partial charge is 0.351 e. The Labute approximate surface area is 146 Å². The van der Waals surface area contributed by atoms with E-state index in [0.29, 0.717) is 18.4 Å². The number of aromatic amines is 1. The Morgan fingerprint density at radius 1 is 1.16 bits per heavy atom. The summed E-state index contributed by atoms with van der Waals surface area (Å²) in [6.07, 6.45) is -4.65. The molecule has 134 valence electrons. The summed E-state index contributed by atoms with van der Waals surface area (Å²) < 4.78 is 37.4. The maximum atomic E-state index is 12.5. The Morgan fingerprint density at radius 3 is 2.44 bits per heavy atom. The lowest BCUT2D eigenvalue weighted by atomic mass is 10.2. The monoisotopic (exact) mass is 370 g/mol. The number of pyridine rings is 1. The predicted molar refractivity (Wildman–Crippen MR) is 91.7 cm³/mol. The van der Waals surface area contributed by atoms with Gasteiger partial charge in [0.25, 0.3) is 11.5 Å². The van der Waals surface area contributed by atoms with Gasteiger partial charge in [-0.25, -0.2) is 0 Å². The second kappa shape index (κ2) is 8.24. The molecule has 0 saturated heterocycles. The van der Waals surface area contributed by atoms with Crippen molar-refractivity contribution in [3.05, 3.63) is 69.1 Å². The molecule has 0 spiro atoms. The van der Waals surface area contributed by atoms with Gasteiger partial charge in [-0.3, -0.25) is 9.59 Å². The summed E-state index contributed by atoms with van der Waals surface area (Å²) in [5.74, 6) is 0.723. The van der Waals surface area contributed by atoms with E-state index in [1.165, 1.54) is 11.1 Å². The maximum Gasteiger partial charge on any atom is 0.431 e. The quantitative estimate of drug-likeness (QED) is 0.767. The molecule has 2 aromatic rings. The number of thioether (sulfide) groups is 1. The Hall–Kier alpha value is -2.22. The van der Waals surface area contributed by atoms with Gasteiger partial charge in [0.05, 0.1) is 0 Å². The number of alkyl halides is 3. The minimum absolute atomic E-state index is 0.315. The molecule has 0 aliphatic rings. The normalized spacial score (nSPS) is 11.4. The highest BCUT2D eigenvalue weighted by atomic mass is 32.2. The van der Waals surface area contributed by atoms with Gasteiger partial charge in [0.1, 0.15) is 11.3 Å². The summed E-state index contributed by atoms with van der Waals surface area (Å²) in [6, 6.07) is 9.67. The van der Waals surface area contributed by atoms with Crippen molar-refractivity contribution in [1.29, 1.82) is 0 Å². The Balaban J connectivity index is 1.80. The number of hydrogen-bond acceptors (Lipinski definition) is 3. The molecule has 0 aliphatic heterocycles. The van der Waals surface area contributed by atoms with Crippen molar-refractivity contribution >= 4 is 17.7 Å². The molecule has 2 rings (SSSR count). The summed E-state index contributed by atoms with van der Waals surface area (Å²) in [5, 5.41) is 2.53. The number of carbonyl (C=O) groups is 1. The van der Waals surface area contributed by atoms with Crippen LogP contribution in [0.1, 0.15) is 27.2 Å². The fourth-order valence-corrected chi connectivity index (χ4v) is 2.84. The van der Waals surface area contributed by atoms with Crippen LogP contribution in [0.4, 0.5) is 13.2 Å². The molecule has 0 fully saturated rings. The van der Waals surface area contributed by atoms with Gasteiger partial charge in [-0.1, -0.05) is 29.8 Å². The summed E-state index contributed by atoms with van der Waals surface area (Å²) in [7, 11) is 0. The van der Waals surface area contributed by atoms with Crippen LogP contribution in [0, 0.1) is 6.92 Å². The van der Waals surface area contributed by atoms with E-state index in [1.54, 1.807) is 16.7 Å². The number of H-pyrrole nitrogens is 1. The molecule has 0 unspecified atom stereocenters. The van der Waals surface area contributed by atoms with Crippen molar-refractivity contribution in [2.24, 2.45) is 0 Å². The average molecular weight is 370 g/mol. The topological polar surface area (TPSA) is 62.0 Å². The van der Waals surface area contributed by atoms with Crippen molar-refractivity contribution in [2.75, 3.05) is 12.3 Å². The van der Waals surface area contributed by atoms with E-state index < -0.39 is 23.3 Å². The molecule has 4 nitrogen and oxygen atoms in total. The molecule has 1 aromatic heterocycles. The minimum Gasteiger partial charge on any atom is -0.351 e. The summed E-state index contributed by atoms with van der Waals surface area (Å²) >= 11 is 1.61. The van der Waals surface area contributed by atoms with Crippen LogP contribution in [-0.2, 0) is 11.9 Å². The lowest BCUT2D eigenvalue weighted by Gasteiger charge is -2.08. The van der Waals surface area contributed by atoms with E-state index in [-0.39, 0.29) is 5.56 Å². The number of aryl methyl sites for hydroxylation is 1. The number of rotatable bonds is 6. The second-order valence-electron chi connectivity index (χ2n) is 5.41. The predicted octanol–water partition coefficient (Wildman–Crippen LogP) is 3.37. The molecule has 1 heterocycles. The second-order valence-corrected chi connectivity index (χ2v) is 6.51. The van der Waals surface area contributed by atoms with Crippen LogP contribution in [0.2, 0.25) is 0 Å². The summed E-state index contributed by atoms with van der Waals surface area (Å²) in [4.78, 5) is 25.2. The zero-order valence-corrected chi connectivity index (χ0v) is 14.3. The van der Waals surface area contributed by atoms with E-state index in [1.807, 2.05) is 31.2 Å². The van der Waals surface area contributed by atoms with Gasteiger partial charge in [0, 0.05) is 18.1 Å². The lowest BCUT2D eigenvalue weighted by molar-refractivity contribution is -0.141. The number of hydrogen-bond donors (Lipinski definition) is 2. The lowest BCUT2D eigenvalue weighted by Crippen LogP contribution is -2.32. The first-order valence-corrected chi connectivity index (χ1v) is 8.65. The zero-order chi connectivity index (χ0) is 18.4. The Kier molecular flexibility index (Phi) is 6.30. The zero-order valence-electron chi connectivity index (χ0n) is 13.4. The number of benzene rings is 1. The molecule has 2 N–H and O–H groups in total. The first kappa shape index (κ1) is 19.1. The largest absolute Gasteiger partial charge is 0.431 e. The highest BCUT2D eigenvalue weighted by Gasteiger charge is 2.32. The van der Waals surface area contributed by atoms with Gasteiger partial charge in [0.2, 0.25) is 0 Å². The third-order valence-corrected chi connectivity index (χ3v) is 4.41. The van der Waals surface area contributed by atoms with Gasteiger partial charge in [-0.2, -0.15) is 24.9 Å². The van der Waals surface area contributed by atoms with Crippen LogP contribution in [-0.4, -0.2) is 23.2 Å². The fourth-order valence-electron chi connectivity index (χ4n) is 2.02. The molecule has 1 amide bonds. The molecule has 0 saturated carbocycles. The van der Waals surface area contributed by atoms with Crippen LogP contribution in [0.15, 0.2) is 41.2 Å². The highest BCUT2D eigenvalue weighted by molar-refractivity contribution is 7.98. The summed E-state index contributed by atoms with van der Waals surface area (Å²) in [5.41, 5.74) is -0.220. The number of nitrogens with one attached hydrogen (secondary N) is 2. The van der Waals surface area contributed by atoms with E-state index in [0.717, 1.165) is 11.8 Å². The van der Waals surface area contributed by atoms with Gasteiger partial charge >= 0.3 is 6.18 Å². The molecule has 8 heteroatoms. The van der Waals surface area contributed by atoms with Crippen molar-refractivity contribution in [3.8, 4) is 0 Å². The molecule has 0 aliphatic carbocycles. The number of aromatic nitrogens is 1. The Bertz CT molecular complexity index is 786. The van der Waals surface area contributed by atoms with Crippen molar-refractivity contribution in [1.82, 2.24) is 10.3 Å². The van der Waals surface area contributed by atoms with Gasteiger partial charge in [0.15, 0.2) is 0 Å². The molecule has 0 radical (unpaired) electrons. The number of carbonyl (C=O) groups excluding carboxylic acids is 1. The standard InChI is InChI=1S/C17H17F3N2O2S/c1-11-2-4-12(5-3-11)10-25-9-8-21-15(23)13-6-7-14(17(18,19)20)22-16(13)24/h2-7H,8-10H2,1H3,(H,21,23)(H,22,24). The third-order valence-electron chi connectivity index (χ3n) is 3.38. The minimum atomic E-state index is -4.65. The van der Waals surface area contributed by atoms with E-state index >= 15 is 0 Å². The van der Waals surface area contributed by atoms with Crippen LogP contribution in [0.5, 0.6) is 0 Å². The van der Waals surface area contributed by atoms with E-state index in [2.05, 4.69) is 5.32 Å². The summed E-state index contributed by atoms with van der Waals surface area (Å²) in [6.45, 7) is 2.32. The fraction of sp³-hybridized carbons (Fsp3) is 0.294. The molecular formula is C17H17F3N2O2S. The molecule has 0 bridgehead atoms. The molecule has 0 atom stereocenters. The number of halogens is 3. The van der Waals surface area contributed by atoms with Crippen LogP contribution in [0.25, 0.3) is 0 Å². The van der Waals surface area contributed by atoms with Crippen molar-refractivity contribution in [2.45, 2.75) is 18.9 Å². The molecular weight excluding hydrogens is 353 g/mol. The first-order valence-electron chi connectivity index (χ1n) is 7.49. The SMILES string of the molecule is Cc1ccc(CSCCNC(=O)c2ccc(C(F)(F)F)[nH]c2=O)cc1. The van der Waals surface area contributed by atoms with Gasteiger partial charge in [-0.15, -0.1) is 0 Å². The van der Waals surface area contributed by atoms with Crippen LogP contribution < -0.4 is 10.9 Å².